The molecule has 2 saturated heterocycles. The van der Waals surface area contributed by atoms with Gasteiger partial charge >= 0.3 is 0 Å². The first-order valence-corrected chi connectivity index (χ1v) is 12.1. The highest BCUT2D eigenvalue weighted by Crippen LogP contribution is 2.42. The Morgan fingerprint density at radius 2 is 1.94 bits per heavy atom. The van der Waals surface area contributed by atoms with E-state index in [1.807, 2.05) is 0 Å². The Hall–Kier alpha value is -4.09. The lowest BCUT2D eigenvalue weighted by molar-refractivity contribution is -0.137. The summed E-state index contributed by atoms with van der Waals surface area (Å²) >= 11 is 0. The Labute approximate surface area is 206 Å². The van der Waals surface area contributed by atoms with Gasteiger partial charge in [0.15, 0.2) is 5.69 Å². The van der Waals surface area contributed by atoms with E-state index in [0.717, 1.165) is 24.8 Å². The monoisotopic (exact) mass is 491 g/mol. The first-order chi connectivity index (χ1) is 17.3. The van der Waals surface area contributed by atoms with E-state index in [4.69, 9.17) is 0 Å². The third kappa shape index (κ3) is 3.55. The Bertz CT molecular complexity index is 1310. The topological polar surface area (TPSA) is 147 Å². The predicted molar refractivity (Wildman–Crippen MR) is 123 cm³/mol. The SMILES string of the molecule is O=C1CC2(CCC2)N(C(=O)c2cn(-c3ccc4c(c3)C(=O)N(C3CCC(=O)NC3=O)C4)nn2)CCN1. The highest BCUT2D eigenvalue weighted by atomic mass is 16.2. The van der Waals surface area contributed by atoms with Gasteiger partial charge in [0.25, 0.3) is 11.8 Å². The van der Waals surface area contributed by atoms with E-state index in [-0.39, 0.29) is 42.3 Å². The molecule has 3 aliphatic heterocycles. The number of imide groups is 1. The molecular weight excluding hydrogens is 466 g/mol. The molecule has 0 bridgehead atoms. The fourth-order valence-electron chi connectivity index (χ4n) is 5.66. The van der Waals surface area contributed by atoms with Crippen molar-refractivity contribution >= 4 is 29.5 Å². The minimum Gasteiger partial charge on any atom is -0.354 e. The molecule has 4 aliphatic rings. The molecule has 186 valence electrons. The second kappa shape index (κ2) is 8.25. The number of fused-ring (bicyclic) bond motifs is 1. The van der Waals surface area contributed by atoms with Gasteiger partial charge in [-0.15, -0.1) is 5.10 Å². The maximum Gasteiger partial charge on any atom is 0.276 e. The van der Waals surface area contributed by atoms with Crippen molar-refractivity contribution < 1.29 is 24.0 Å². The van der Waals surface area contributed by atoms with Crippen molar-refractivity contribution in [3.63, 3.8) is 0 Å². The lowest BCUT2D eigenvalue weighted by Crippen LogP contribution is -2.56. The van der Waals surface area contributed by atoms with Gasteiger partial charge in [0.2, 0.25) is 17.7 Å². The lowest BCUT2D eigenvalue weighted by atomic mass is 9.72. The van der Waals surface area contributed by atoms with Crippen LogP contribution in [0, 0.1) is 0 Å². The summed E-state index contributed by atoms with van der Waals surface area (Å²) in [6.07, 6.45) is 4.87. The van der Waals surface area contributed by atoms with Gasteiger partial charge in [-0.05, 0) is 43.4 Å². The molecule has 12 heteroatoms. The van der Waals surface area contributed by atoms with E-state index in [2.05, 4.69) is 20.9 Å². The van der Waals surface area contributed by atoms with E-state index in [1.165, 1.54) is 15.8 Å². The summed E-state index contributed by atoms with van der Waals surface area (Å²) in [5.74, 6) is -1.37. The minimum atomic E-state index is -0.685. The normalized spacial score (nSPS) is 23.2. The number of amides is 5. The summed E-state index contributed by atoms with van der Waals surface area (Å²) in [5, 5.41) is 13.4. The fraction of sp³-hybridized carbons (Fsp3) is 0.458. The predicted octanol–water partition coefficient (Wildman–Crippen LogP) is -0.0869. The summed E-state index contributed by atoms with van der Waals surface area (Å²) in [5.41, 5.74) is 1.50. The Balaban J connectivity index is 1.22. The molecule has 2 aromatic rings. The van der Waals surface area contributed by atoms with E-state index < -0.39 is 17.5 Å². The summed E-state index contributed by atoms with van der Waals surface area (Å²) in [6, 6.07) is 4.57. The number of hydrogen-bond acceptors (Lipinski definition) is 7. The van der Waals surface area contributed by atoms with Crippen LogP contribution in [0.25, 0.3) is 5.69 Å². The Morgan fingerprint density at radius 3 is 2.69 bits per heavy atom. The van der Waals surface area contributed by atoms with E-state index >= 15 is 0 Å². The smallest absolute Gasteiger partial charge is 0.276 e. The molecule has 2 N–H and O–H groups in total. The van der Waals surface area contributed by atoms with Crippen molar-refractivity contribution in [2.24, 2.45) is 0 Å². The van der Waals surface area contributed by atoms with E-state index in [1.54, 1.807) is 23.1 Å². The van der Waals surface area contributed by atoms with Crippen LogP contribution in [0.5, 0.6) is 0 Å². The molecule has 0 radical (unpaired) electrons. The molecule has 12 nitrogen and oxygen atoms in total. The van der Waals surface area contributed by atoms with Crippen molar-refractivity contribution in [3.05, 3.63) is 41.2 Å². The number of benzene rings is 1. The van der Waals surface area contributed by atoms with Gasteiger partial charge in [-0.25, -0.2) is 4.68 Å². The molecule has 3 fully saturated rings. The zero-order chi connectivity index (χ0) is 25.0. The van der Waals surface area contributed by atoms with Crippen LogP contribution in [0.15, 0.2) is 24.4 Å². The molecule has 1 spiro atoms. The molecule has 5 amide bonds. The van der Waals surface area contributed by atoms with Gasteiger partial charge in [-0.1, -0.05) is 11.3 Å². The number of carbonyl (C=O) groups excluding carboxylic acids is 5. The quantitative estimate of drug-likeness (QED) is 0.571. The highest BCUT2D eigenvalue weighted by Gasteiger charge is 2.48. The van der Waals surface area contributed by atoms with Crippen molar-refractivity contribution in [2.75, 3.05) is 13.1 Å². The van der Waals surface area contributed by atoms with Crippen molar-refractivity contribution in [2.45, 2.75) is 56.7 Å². The standard InChI is InChI=1S/C24H25N7O5/c32-19-5-4-18(21(34)26-19)29-12-14-2-3-15(10-16(14)22(29)35)31-13-17(27-28-31)23(36)30-9-8-25-20(33)11-24(30)6-1-7-24/h2-3,10,13,18H,1,4-9,11-12H2,(H,25,33)(H,26,32,34). The van der Waals surface area contributed by atoms with Gasteiger partial charge in [0.1, 0.15) is 6.04 Å². The van der Waals surface area contributed by atoms with Crippen molar-refractivity contribution in [1.82, 2.24) is 35.4 Å². The number of hydrogen-bond donors (Lipinski definition) is 2. The van der Waals surface area contributed by atoms with Crippen LogP contribution in [0.4, 0.5) is 0 Å². The zero-order valence-electron chi connectivity index (χ0n) is 19.5. The van der Waals surface area contributed by atoms with Crippen molar-refractivity contribution in [3.8, 4) is 5.69 Å². The largest absolute Gasteiger partial charge is 0.354 e. The molecule has 4 heterocycles. The molecule has 1 saturated carbocycles. The van der Waals surface area contributed by atoms with Gasteiger partial charge in [0.05, 0.1) is 17.4 Å². The van der Waals surface area contributed by atoms with Crippen LogP contribution in [0.2, 0.25) is 0 Å². The van der Waals surface area contributed by atoms with Crippen LogP contribution >= 0.6 is 0 Å². The molecule has 1 aliphatic carbocycles. The van der Waals surface area contributed by atoms with Crippen molar-refractivity contribution in [1.29, 1.82) is 0 Å². The Morgan fingerprint density at radius 1 is 1.11 bits per heavy atom. The third-order valence-electron chi connectivity index (χ3n) is 7.74. The molecule has 36 heavy (non-hydrogen) atoms. The Kier molecular flexibility index (Phi) is 5.13. The molecule has 1 aromatic carbocycles. The molecular formula is C24H25N7O5. The third-order valence-corrected chi connectivity index (χ3v) is 7.74. The molecule has 1 aromatic heterocycles. The summed E-state index contributed by atoms with van der Waals surface area (Å²) in [6.45, 7) is 1.10. The molecule has 6 rings (SSSR count). The van der Waals surface area contributed by atoms with Crippen LogP contribution in [-0.4, -0.2) is 79.0 Å². The van der Waals surface area contributed by atoms with Gasteiger partial charge < -0.3 is 15.1 Å². The number of aromatic nitrogens is 3. The van der Waals surface area contributed by atoms with E-state index in [9.17, 15) is 24.0 Å². The second-order valence-electron chi connectivity index (χ2n) is 9.85. The number of carbonyl (C=O) groups is 5. The maximum atomic E-state index is 13.4. The first kappa shape index (κ1) is 22.4. The van der Waals surface area contributed by atoms with Gasteiger partial charge in [-0.3, -0.25) is 29.3 Å². The minimum absolute atomic E-state index is 0.0391. The summed E-state index contributed by atoms with van der Waals surface area (Å²) in [7, 11) is 0. The highest BCUT2D eigenvalue weighted by molar-refractivity contribution is 6.05. The van der Waals surface area contributed by atoms with Crippen LogP contribution in [-0.2, 0) is 20.9 Å². The maximum absolute atomic E-state index is 13.4. The van der Waals surface area contributed by atoms with Crippen LogP contribution < -0.4 is 10.6 Å². The summed E-state index contributed by atoms with van der Waals surface area (Å²) < 4.78 is 1.45. The lowest BCUT2D eigenvalue weighted by Gasteiger charge is -2.48. The second-order valence-corrected chi connectivity index (χ2v) is 9.85. The fourth-order valence-corrected chi connectivity index (χ4v) is 5.66. The average molecular weight is 492 g/mol. The number of piperidine rings is 1. The average Bonchev–Trinajstić information content (AvgIpc) is 3.39. The zero-order valence-corrected chi connectivity index (χ0v) is 19.5. The molecule has 1 atom stereocenters. The van der Waals surface area contributed by atoms with Gasteiger partial charge in [-0.2, -0.15) is 0 Å². The van der Waals surface area contributed by atoms with Crippen LogP contribution in [0.1, 0.15) is 64.9 Å². The first-order valence-electron chi connectivity index (χ1n) is 12.1. The number of rotatable bonds is 3. The molecule has 1 unspecified atom stereocenters. The summed E-state index contributed by atoms with van der Waals surface area (Å²) in [4.78, 5) is 65.6. The van der Waals surface area contributed by atoms with Crippen LogP contribution in [0.3, 0.4) is 0 Å². The number of nitrogens with zero attached hydrogens (tertiary/aromatic N) is 5. The van der Waals surface area contributed by atoms with Gasteiger partial charge in [0, 0.05) is 38.0 Å². The van der Waals surface area contributed by atoms with E-state index in [0.29, 0.717) is 37.2 Å². The number of nitrogens with one attached hydrogen (secondary N) is 2.